The van der Waals surface area contributed by atoms with Gasteiger partial charge in [-0.2, -0.15) is 0 Å². The van der Waals surface area contributed by atoms with Crippen LogP contribution in [0, 0.1) is 0 Å². The molecule has 0 saturated carbocycles. The molecule has 26 heavy (non-hydrogen) atoms. The largest absolute Gasteiger partial charge is 0.460 e. The van der Waals surface area contributed by atoms with Gasteiger partial charge >= 0.3 is 12.6 Å². The molecule has 0 aliphatic carbocycles. The lowest BCUT2D eigenvalue weighted by molar-refractivity contribution is -0.149. The van der Waals surface area contributed by atoms with Crippen molar-refractivity contribution < 1.29 is 18.6 Å². The Morgan fingerprint density at radius 1 is 1.19 bits per heavy atom. The first-order valence-corrected chi connectivity index (χ1v) is 11.2. The summed E-state index contributed by atoms with van der Waals surface area (Å²) in [7, 11) is 0. The van der Waals surface area contributed by atoms with Crippen LogP contribution < -0.4 is 4.52 Å². The monoisotopic (exact) mass is 389 g/mol. The van der Waals surface area contributed by atoms with Gasteiger partial charge in [0.25, 0.3) is 0 Å². The Kier molecular flexibility index (Phi) is 5.09. The van der Waals surface area contributed by atoms with Gasteiger partial charge in [0.2, 0.25) is 0 Å². The summed E-state index contributed by atoms with van der Waals surface area (Å²) in [5, 5.41) is 0. The maximum atomic E-state index is 12.7. The smallest absolute Gasteiger partial charge is 0.324 e. The molecule has 4 rings (SSSR count). The summed E-state index contributed by atoms with van der Waals surface area (Å²) in [5.41, 5.74) is 1.95. The summed E-state index contributed by atoms with van der Waals surface area (Å²) in [6.07, 6.45) is 1.58. The molecule has 5 nitrogen and oxygen atoms in total. The number of carbonyl (C=O) groups excluding carboxylic acids is 1. The fraction of sp³-hybridized carbons (Fsp3) is 0.316. The van der Waals surface area contributed by atoms with Gasteiger partial charge in [0.1, 0.15) is 18.4 Å². The third kappa shape index (κ3) is 3.55. The van der Waals surface area contributed by atoms with Crippen molar-refractivity contribution in [2.24, 2.45) is 0 Å². The first kappa shape index (κ1) is 17.7. The van der Waals surface area contributed by atoms with Gasteiger partial charge in [0, 0.05) is 12.1 Å². The molecular formula is C19H20NO4PS. The minimum Gasteiger partial charge on any atom is -0.460 e. The van der Waals surface area contributed by atoms with E-state index in [1.165, 1.54) is 0 Å². The van der Waals surface area contributed by atoms with Gasteiger partial charge in [-0.05, 0) is 36.3 Å². The summed E-state index contributed by atoms with van der Waals surface area (Å²) in [6, 6.07) is 17.0. The molecule has 0 spiro atoms. The molecule has 2 aromatic rings. The standard InChI is InChI=1S/C19H20NO4PS/c21-19(22-13-15-7-2-1-3-8-15)17-10-6-12-20(17)25(26)23-14-16-9-4-5-11-18(16)24-25/h1-5,7-9,11,17H,6,10,12-14H2/t17-,25?/m0/s1. The third-order valence-electron chi connectivity index (χ3n) is 4.60. The van der Waals surface area contributed by atoms with Crippen molar-refractivity contribution in [1.82, 2.24) is 4.67 Å². The van der Waals surface area contributed by atoms with E-state index in [-0.39, 0.29) is 12.6 Å². The number of para-hydroxylation sites is 1. The number of hydrogen-bond acceptors (Lipinski definition) is 5. The molecule has 0 radical (unpaired) electrons. The van der Waals surface area contributed by atoms with Crippen LogP contribution in [0.5, 0.6) is 5.75 Å². The van der Waals surface area contributed by atoms with Crippen LogP contribution in [-0.2, 0) is 39.1 Å². The van der Waals surface area contributed by atoms with Crippen molar-refractivity contribution in [3.05, 3.63) is 65.7 Å². The predicted molar refractivity (Wildman–Crippen MR) is 102 cm³/mol. The van der Waals surface area contributed by atoms with Gasteiger partial charge in [-0.3, -0.25) is 4.79 Å². The van der Waals surface area contributed by atoms with Crippen LogP contribution in [0.2, 0.25) is 0 Å². The lowest BCUT2D eigenvalue weighted by Gasteiger charge is -2.36. The number of hydrogen-bond donors (Lipinski definition) is 0. The molecule has 2 heterocycles. The van der Waals surface area contributed by atoms with Crippen LogP contribution in [0.3, 0.4) is 0 Å². The highest BCUT2D eigenvalue weighted by atomic mass is 32.5. The maximum absolute atomic E-state index is 12.7. The summed E-state index contributed by atoms with van der Waals surface area (Å²) < 4.78 is 19.4. The van der Waals surface area contributed by atoms with Crippen LogP contribution in [0.4, 0.5) is 0 Å². The van der Waals surface area contributed by atoms with E-state index in [9.17, 15) is 4.79 Å². The first-order chi connectivity index (χ1) is 12.7. The molecule has 2 atom stereocenters. The molecule has 2 aliphatic rings. The van der Waals surface area contributed by atoms with E-state index >= 15 is 0 Å². The second kappa shape index (κ2) is 7.49. The molecule has 1 fully saturated rings. The lowest BCUT2D eigenvalue weighted by Crippen LogP contribution is -2.37. The van der Waals surface area contributed by atoms with Crippen molar-refractivity contribution in [3.8, 4) is 5.75 Å². The Balaban J connectivity index is 1.46. The zero-order valence-corrected chi connectivity index (χ0v) is 16.0. The van der Waals surface area contributed by atoms with Crippen molar-refractivity contribution >= 4 is 24.4 Å². The normalized spacial score (nSPS) is 25.3. The van der Waals surface area contributed by atoms with Gasteiger partial charge in [-0.1, -0.05) is 48.5 Å². The predicted octanol–water partition coefficient (Wildman–Crippen LogP) is 4.03. The van der Waals surface area contributed by atoms with Gasteiger partial charge in [-0.25, -0.2) is 4.67 Å². The number of rotatable bonds is 4. The first-order valence-electron chi connectivity index (χ1n) is 8.65. The molecule has 136 valence electrons. The SMILES string of the molecule is O=C(OCc1ccccc1)[C@@H]1CCCN1P1(=S)OCc2ccccc2O1. The minimum absolute atomic E-state index is 0.261. The van der Waals surface area contributed by atoms with Gasteiger partial charge < -0.3 is 13.8 Å². The Bertz CT molecular complexity index is 844. The molecule has 2 aromatic carbocycles. The fourth-order valence-corrected chi connectivity index (χ4v) is 6.21. The quantitative estimate of drug-likeness (QED) is 0.581. The zero-order chi connectivity index (χ0) is 18.0. The number of benzene rings is 2. The molecule has 0 N–H and O–H groups in total. The van der Waals surface area contributed by atoms with Crippen LogP contribution in [0.25, 0.3) is 0 Å². The second-order valence-corrected chi connectivity index (χ2v) is 9.63. The van der Waals surface area contributed by atoms with E-state index in [2.05, 4.69) is 0 Å². The highest BCUT2D eigenvalue weighted by Crippen LogP contribution is 2.59. The topological polar surface area (TPSA) is 48.0 Å². The Morgan fingerprint density at radius 2 is 1.96 bits per heavy atom. The summed E-state index contributed by atoms with van der Waals surface area (Å²) in [6.45, 7) is -1.37. The van der Waals surface area contributed by atoms with Crippen LogP contribution in [0.1, 0.15) is 24.0 Å². The summed E-state index contributed by atoms with van der Waals surface area (Å²) in [4.78, 5) is 12.7. The Hall–Kier alpha value is -1.72. The lowest BCUT2D eigenvalue weighted by atomic mass is 10.2. The van der Waals surface area contributed by atoms with E-state index in [1.54, 1.807) is 0 Å². The van der Waals surface area contributed by atoms with Crippen LogP contribution in [0.15, 0.2) is 54.6 Å². The average Bonchev–Trinajstić information content (AvgIpc) is 3.18. The number of ether oxygens (including phenoxy) is 1. The summed E-state index contributed by atoms with van der Waals surface area (Å²) >= 11 is 5.75. The van der Waals surface area contributed by atoms with Gasteiger partial charge in [-0.15, -0.1) is 0 Å². The molecule has 1 saturated heterocycles. The highest BCUT2D eigenvalue weighted by Gasteiger charge is 2.44. The Labute approximate surface area is 158 Å². The van der Waals surface area contributed by atoms with Crippen molar-refractivity contribution in [3.63, 3.8) is 0 Å². The molecular weight excluding hydrogens is 369 g/mol. The molecule has 0 aromatic heterocycles. The van der Waals surface area contributed by atoms with Crippen LogP contribution in [-0.4, -0.2) is 23.2 Å². The zero-order valence-electron chi connectivity index (χ0n) is 14.2. The van der Waals surface area contributed by atoms with E-state index in [0.717, 1.165) is 23.3 Å². The average molecular weight is 389 g/mol. The van der Waals surface area contributed by atoms with E-state index < -0.39 is 12.7 Å². The van der Waals surface area contributed by atoms with Crippen molar-refractivity contribution in [2.75, 3.05) is 6.54 Å². The maximum Gasteiger partial charge on any atom is 0.324 e. The molecule has 0 bridgehead atoms. The molecule has 0 amide bonds. The van der Waals surface area contributed by atoms with E-state index in [4.69, 9.17) is 25.6 Å². The number of esters is 1. The van der Waals surface area contributed by atoms with Crippen LogP contribution >= 0.6 is 6.64 Å². The van der Waals surface area contributed by atoms with Gasteiger partial charge in [0.15, 0.2) is 0 Å². The van der Waals surface area contributed by atoms with E-state index in [1.807, 2.05) is 59.3 Å². The fourth-order valence-electron chi connectivity index (χ4n) is 3.25. The van der Waals surface area contributed by atoms with Crippen molar-refractivity contribution in [1.29, 1.82) is 0 Å². The molecule has 1 unspecified atom stereocenters. The number of fused-ring (bicyclic) bond motifs is 1. The highest BCUT2D eigenvalue weighted by molar-refractivity contribution is 8.09. The third-order valence-corrected chi connectivity index (χ3v) is 7.76. The Morgan fingerprint density at radius 3 is 2.81 bits per heavy atom. The summed E-state index contributed by atoms with van der Waals surface area (Å²) in [5.74, 6) is 0.493. The van der Waals surface area contributed by atoms with E-state index in [0.29, 0.717) is 19.6 Å². The molecule has 2 aliphatic heterocycles. The number of nitrogens with zero attached hydrogens (tertiary/aromatic N) is 1. The number of carbonyl (C=O) groups is 1. The minimum atomic E-state index is -2.73. The second-order valence-electron chi connectivity index (χ2n) is 6.36. The molecule has 7 heteroatoms. The van der Waals surface area contributed by atoms with Gasteiger partial charge in [0.05, 0.1) is 6.61 Å². The van der Waals surface area contributed by atoms with Crippen molar-refractivity contribution in [2.45, 2.75) is 32.1 Å².